The second-order valence-electron chi connectivity index (χ2n) is 7.29. The highest BCUT2D eigenvalue weighted by Crippen LogP contribution is 2.15. The van der Waals surface area contributed by atoms with Gasteiger partial charge in [-0.1, -0.05) is 36.4 Å². The first-order chi connectivity index (χ1) is 17.2. The van der Waals surface area contributed by atoms with E-state index >= 15 is 0 Å². The van der Waals surface area contributed by atoms with E-state index in [2.05, 4.69) is 36.2 Å². The van der Waals surface area contributed by atoms with Crippen LogP contribution < -0.4 is 27.0 Å². The first-order valence-corrected chi connectivity index (χ1v) is 11.5. The summed E-state index contributed by atoms with van der Waals surface area (Å²) in [7, 11) is 0. The van der Waals surface area contributed by atoms with E-state index in [-0.39, 0.29) is 5.91 Å². The molecule has 3 aromatic rings. The van der Waals surface area contributed by atoms with Crippen molar-refractivity contribution in [2.75, 3.05) is 68.6 Å². The molecule has 0 spiro atoms. The Bertz CT molecular complexity index is 1010. The number of amides is 1. The summed E-state index contributed by atoms with van der Waals surface area (Å²) >= 11 is 0. The molecule has 0 aliphatic rings. The topological polar surface area (TPSA) is 148 Å². The van der Waals surface area contributed by atoms with Gasteiger partial charge in [-0.15, -0.1) is 0 Å². The first-order valence-electron chi connectivity index (χ1n) is 11.5. The van der Waals surface area contributed by atoms with Gasteiger partial charge in [0.25, 0.3) is 5.91 Å². The highest BCUT2D eigenvalue weighted by molar-refractivity contribution is 5.94. The smallest absolute Gasteiger partial charge is 0.251 e. The molecular weight excluding hydrogens is 448 g/mol. The molecule has 11 heteroatoms. The van der Waals surface area contributed by atoms with Crippen molar-refractivity contribution in [1.82, 2.24) is 20.3 Å². The summed E-state index contributed by atoms with van der Waals surface area (Å²) in [5.41, 5.74) is 7.07. The SMILES string of the molecule is NCCNc1nc(NCCOCCOCCNC(=O)c2ccccc2)nc(Nc2ccccc2)n1. The van der Waals surface area contributed by atoms with Crippen LogP contribution in [0.5, 0.6) is 0 Å². The molecule has 0 aliphatic carbocycles. The van der Waals surface area contributed by atoms with Crippen molar-refractivity contribution in [2.24, 2.45) is 5.73 Å². The Hall–Kier alpha value is -3.80. The number of rotatable bonds is 16. The molecule has 35 heavy (non-hydrogen) atoms. The van der Waals surface area contributed by atoms with E-state index in [0.29, 0.717) is 76.0 Å². The zero-order valence-electron chi connectivity index (χ0n) is 19.6. The maximum Gasteiger partial charge on any atom is 0.251 e. The third kappa shape index (κ3) is 9.92. The minimum absolute atomic E-state index is 0.113. The summed E-state index contributed by atoms with van der Waals surface area (Å²) in [4.78, 5) is 25.1. The van der Waals surface area contributed by atoms with Crippen LogP contribution in [0.4, 0.5) is 23.5 Å². The lowest BCUT2D eigenvalue weighted by molar-refractivity contribution is 0.0519. The zero-order valence-corrected chi connectivity index (χ0v) is 19.6. The Balaban J connectivity index is 1.31. The van der Waals surface area contributed by atoms with Crippen LogP contribution in [0.1, 0.15) is 10.4 Å². The zero-order chi connectivity index (χ0) is 24.6. The molecule has 0 saturated carbocycles. The first kappa shape index (κ1) is 25.8. The molecule has 0 atom stereocenters. The number of hydrogen-bond donors (Lipinski definition) is 5. The molecule has 0 fully saturated rings. The summed E-state index contributed by atoms with van der Waals surface area (Å²) in [6.45, 7) is 3.71. The number of carbonyl (C=O) groups is 1. The molecule has 0 bridgehead atoms. The predicted molar refractivity (Wildman–Crippen MR) is 136 cm³/mol. The summed E-state index contributed by atoms with van der Waals surface area (Å²) in [5.74, 6) is 1.16. The number of hydrogen-bond acceptors (Lipinski definition) is 10. The van der Waals surface area contributed by atoms with Gasteiger partial charge in [-0.25, -0.2) is 0 Å². The highest BCUT2D eigenvalue weighted by Gasteiger charge is 2.07. The largest absolute Gasteiger partial charge is 0.377 e. The molecule has 186 valence electrons. The Kier molecular flexibility index (Phi) is 11.2. The minimum atomic E-state index is -0.113. The van der Waals surface area contributed by atoms with Crippen molar-refractivity contribution < 1.29 is 14.3 Å². The van der Waals surface area contributed by atoms with Crippen LogP contribution in [0, 0.1) is 0 Å². The lowest BCUT2D eigenvalue weighted by Gasteiger charge is -2.11. The normalized spacial score (nSPS) is 10.5. The minimum Gasteiger partial charge on any atom is -0.377 e. The van der Waals surface area contributed by atoms with Gasteiger partial charge < -0.3 is 36.5 Å². The van der Waals surface area contributed by atoms with Crippen LogP contribution in [-0.4, -0.2) is 73.5 Å². The molecule has 1 aromatic heterocycles. The van der Waals surface area contributed by atoms with Crippen LogP contribution in [0.3, 0.4) is 0 Å². The molecule has 6 N–H and O–H groups in total. The van der Waals surface area contributed by atoms with Crippen LogP contribution in [-0.2, 0) is 9.47 Å². The fraction of sp³-hybridized carbons (Fsp3) is 0.333. The highest BCUT2D eigenvalue weighted by atomic mass is 16.5. The summed E-state index contributed by atoms with van der Waals surface area (Å²) < 4.78 is 11.1. The molecule has 0 radical (unpaired) electrons. The average molecular weight is 481 g/mol. The maximum atomic E-state index is 11.9. The summed E-state index contributed by atoms with van der Waals surface area (Å²) in [6, 6.07) is 18.7. The molecule has 0 saturated heterocycles. The van der Waals surface area contributed by atoms with E-state index in [1.807, 2.05) is 48.5 Å². The second-order valence-corrected chi connectivity index (χ2v) is 7.29. The number of benzene rings is 2. The van der Waals surface area contributed by atoms with Gasteiger partial charge in [0.05, 0.1) is 26.4 Å². The van der Waals surface area contributed by atoms with Gasteiger partial charge >= 0.3 is 0 Å². The number of nitrogens with zero attached hydrogens (tertiary/aromatic N) is 3. The Morgan fingerprint density at radius 1 is 0.714 bits per heavy atom. The van der Waals surface area contributed by atoms with Crippen molar-refractivity contribution in [2.45, 2.75) is 0 Å². The summed E-state index contributed by atoms with van der Waals surface area (Å²) in [6.07, 6.45) is 0. The predicted octanol–water partition coefficient (Wildman–Crippen LogP) is 1.86. The van der Waals surface area contributed by atoms with Crippen molar-refractivity contribution in [3.63, 3.8) is 0 Å². The number of carbonyl (C=O) groups excluding carboxylic acids is 1. The fourth-order valence-electron chi connectivity index (χ4n) is 2.91. The van der Waals surface area contributed by atoms with Crippen molar-refractivity contribution in [3.05, 3.63) is 66.2 Å². The number of nitrogens with one attached hydrogen (secondary N) is 4. The molecule has 2 aromatic carbocycles. The number of anilines is 4. The van der Waals surface area contributed by atoms with Gasteiger partial charge in [0.2, 0.25) is 17.8 Å². The molecular formula is C24H32N8O3. The quantitative estimate of drug-likeness (QED) is 0.192. The lowest BCUT2D eigenvalue weighted by Crippen LogP contribution is -2.27. The molecule has 1 amide bonds. The van der Waals surface area contributed by atoms with Crippen molar-refractivity contribution in [1.29, 1.82) is 0 Å². The van der Waals surface area contributed by atoms with Crippen molar-refractivity contribution in [3.8, 4) is 0 Å². The summed E-state index contributed by atoms with van der Waals surface area (Å²) in [5, 5.41) is 12.2. The monoisotopic (exact) mass is 480 g/mol. The van der Waals surface area contributed by atoms with E-state index < -0.39 is 0 Å². The van der Waals surface area contributed by atoms with Crippen LogP contribution in [0.2, 0.25) is 0 Å². The van der Waals surface area contributed by atoms with Gasteiger partial charge in [-0.3, -0.25) is 4.79 Å². The number of ether oxygens (including phenoxy) is 2. The van der Waals surface area contributed by atoms with Gasteiger partial charge in [-0.2, -0.15) is 15.0 Å². The van der Waals surface area contributed by atoms with E-state index in [9.17, 15) is 4.79 Å². The fourth-order valence-corrected chi connectivity index (χ4v) is 2.91. The Morgan fingerprint density at radius 2 is 1.29 bits per heavy atom. The maximum absolute atomic E-state index is 11.9. The van der Waals surface area contributed by atoms with Crippen LogP contribution >= 0.6 is 0 Å². The molecule has 11 nitrogen and oxygen atoms in total. The Morgan fingerprint density at radius 3 is 1.94 bits per heavy atom. The average Bonchev–Trinajstić information content (AvgIpc) is 2.89. The third-order valence-corrected chi connectivity index (χ3v) is 4.56. The number of aromatic nitrogens is 3. The van der Waals surface area contributed by atoms with Gasteiger partial charge in [-0.05, 0) is 24.3 Å². The standard InChI is InChI=1S/C24H32N8O3/c25-11-12-27-22-30-23(32-24(31-22)29-20-9-5-2-6-10-20)28-14-16-35-18-17-34-15-13-26-21(33)19-7-3-1-4-8-19/h1-10H,11-18,25H2,(H,26,33)(H3,27,28,29,30,31,32). The third-order valence-electron chi connectivity index (χ3n) is 4.56. The van der Waals surface area contributed by atoms with Crippen LogP contribution in [0.25, 0.3) is 0 Å². The number of para-hydroxylation sites is 1. The van der Waals surface area contributed by atoms with E-state index in [1.165, 1.54) is 0 Å². The van der Waals surface area contributed by atoms with Gasteiger partial charge in [0.1, 0.15) is 0 Å². The second kappa shape index (κ2) is 15.2. The molecule has 3 rings (SSSR count). The van der Waals surface area contributed by atoms with Gasteiger partial charge in [0.15, 0.2) is 0 Å². The molecule has 1 heterocycles. The van der Waals surface area contributed by atoms with E-state index in [0.717, 1.165) is 5.69 Å². The van der Waals surface area contributed by atoms with Crippen LogP contribution in [0.15, 0.2) is 60.7 Å². The number of nitrogens with two attached hydrogens (primary N) is 1. The molecule has 0 unspecified atom stereocenters. The van der Waals surface area contributed by atoms with Gasteiger partial charge in [0, 0.05) is 37.4 Å². The molecule has 0 aliphatic heterocycles. The van der Waals surface area contributed by atoms with E-state index in [4.69, 9.17) is 15.2 Å². The lowest BCUT2D eigenvalue weighted by atomic mass is 10.2. The van der Waals surface area contributed by atoms with Crippen molar-refractivity contribution >= 4 is 29.4 Å². The Labute approximate surface area is 204 Å². The van der Waals surface area contributed by atoms with E-state index in [1.54, 1.807) is 12.1 Å².